The summed E-state index contributed by atoms with van der Waals surface area (Å²) < 4.78 is 0. The lowest BCUT2D eigenvalue weighted by atomic mass is 10.1. The Hall–Kier alpha value is -2.79. The van der Waals surface area contributed by atoms with Crippen LogP contribution in [0.25, 0.3) is 22.3 Å². The van der Waals surface area contributed by atoms with Crippen molar-refractivity contribution in [1.82, 2.24) is 15.0 Å². The number of fused-ring (bicyclic) bond motifs is 1. The van der Waals surface area contributed by atoms with Gasteiger partial charge in [-0.1, -0.05) is 18.2 Å². The third-order valence-corrected chi connectivity index (χ3v) is 4.60. The van der Waals surface area contributed by atoms with E-state index in [2.05, 4.69) is 28.7 Å². The van der Waals surface area contributed by atoms with E-state index in [4.69, 9.17) is 9.97 Å². The van der Waals surface area contributed by atoms with Crippen molar-refractivity contribution < 1.29 is 0 Å². The predicted molar refractivity (Wildman–Crippen MR) is 99.1 cm³/mol. The third kappa shape index (κ3) is 2.86. The molecule has 0 spiro atoms. The molecule has 3 aromatic heterocycles. The van der Waals surface area contributed by atoms with Gasteiger partial charge in [-0.3, -0.25) is 4.98 Å². The zero-order chi connectivity index (χ0) is 16.4. The molecule has 0 aliphatic rings. The van der Waals surface area contributed by atoms with Crippen molar-refractivity contribution in [2.45, 2.75) is 13.0 Å². The van der Waals surface area contributed by atoms with Crippen LogP contribution in [0, 0.1) is 0 Å². The van der Waals surface area contributed by atoms with E-state index in [0.717, 1.165) is 33.7 Å². The van der Waals surface area contributed by atoms with Crippen LogP contribution in [0.3, 0.4) is 0 Å². The summed E-state index contributed by atoms with van der Waals surface area (Å²) in [6.07, 6.45) is 3.66. The number of hydrogen-bond donors (Lipinski definition) is 1. The normalized spacial score (nSPS) is 12.2. The van der Waals surface area contributed by atoms with Crippen LogP contribution in [0.5, 0.6) is 0 Å². The van der Waals surface area contributed by atoms with Crippen molar-refractivity contribution in [2.24, 2.45) is 0 Å². The maximum absolute atomic E-state index is 4.77. The van der Waals surface area contributed by atoms with Crippen molar-refractivity contribution in [2.75, 3.05) is 5.32 Å². The van der Waals surface area contributed by atoms with Crippen LogP contribution in [0.1, 0.15) is 18.5 Å². The van der Waals surface area contributed by atoms with E-state index in [-0.39, 0.29) is 6.04 Å². The van der Waals surface area contributed by atoms with Gasteiger partial charge in [-0.25, -0.2) is 9.97 Å². The van der Waals surface area contributed by atoms with Crippen LogP contribution in [0.2, 0.25) is 0 Å². The topological polar surface area (TPSA) is 50.7 Å². The van der Waals surface area contributed by atoms with Gasteiger partial charge in [0, 0.05) is 28.7 Å². The molecule has 0 fully saturated rings. The molecule has 0 aliphatic carbocycles. The second-order valence-electron chi connectivity index (χ2n) is 5.58. The van der Waals surface area contributed by atoms with Crippen LogP contribution in [-0.4, -0.2) is 15.0 Å². The van der Waals surface area contributed by atoms with Crippen molar-refractivity contribution in [3.63, 3.8) is 0 Å². The van der Waals surface area contributed by atoms with Crippen molar-refractivity contribution in [3.8, 4) is 11.4 Å². The summed E-state index contributed by atoms with van der Waals surface area (Å²) in [6.45, 7) is 2.11. The van der Waals surface area contributed by atoms with Gasteiger partial charge in [0.2, 0.25) is 0 Å². The molecule has 0 saturated carbocycles. The first-order valence-electron chi connectivity index (χ1n) is 7.77. The molecule has 3 heterocycles. The average molecular weight is 332 g/mol. The van der Waals surface area contributed by atoms with Crippen molar-refractivity contribution >= 4 is 28.1 Å². The maximum atomic E-state index is 4.77. The van der Waals surface area contributed by atoms with Crippen LogP contribution >= 0.6 is 11.3 Å². The lowest BCUT2D eigenvalue weighted by Crippen LogP contribution is -2.09. The molecule has 118 valence electrons. The number of rotatable bonds is 4. The number of thiophene rings is 1. The van der Waals surface area contributed by atoms with E-state index >= 15 is 0 Å². The number of nitrogens with zero attached hydrogens (tertiary/aromatic N) is 3. The summed E-state index contributed by atoms with van der Waals surface area (Å²) in [6, 6.07) is 14.2. The summed E-state index contributed by atoms with van der Waals surface area (Å²) in [5.74, 6) is 1.59. The minimum atomic E-state index is 0.104. The molecular weight excluding hydrogens is 316 g/mol. The van der Waals surface area contributed by atoms with Gasteiger partial charge in [0.15, 0.2) is 5.82 Å². The minimum absolute atomic E-state index is 0.104. The van der Waals surface area contributed by atoms with Crippen molar-refractivity contribution in [1.29, 1.82) is 0 Å². The lowest BCUT2D eigenvalue weighted by Gasteiger charge is -2.16. The highest BCUT2D eigenvalue weighted by molar-refractivity contribution is 7.08. The molecule has 0 amide bonds. The Kier molecular flexibility index (Phi) is 3.92. The molecule has 1 aromatic carbocycles. The van der Waals surface area contributed by atoms with Crippen LogP contribution in [0.4, 0.5) is 5.82 Å². The molecule has 4 aromatic rings. The van der Waals surface area contributed by atoms with Gasteiger partial charge in [0.05, 0.1) is 11.6 Å². The first-order valence-corrected chi connectivity index (χ1v) is 8.71. The highest BCUT2D eigenvalue weighted by Crippen LogP contribution is 2.28. The standard InChI is InChI=1S/C19H16N4S/c1-13(14-5-4-9-20-11-14)21-19-16-6-2-3-7-17(16)22-18(23-19)15-8-10-24-12-15/h2-13H,1H3,(H,21,22,23)/t13-/m0/s1. The van der Waals surface area contributed by atoms with Crippen LogP contribution in [-0.2, 0) is 0 Å². The fraction of sp³-hybridized carbons (Fsp3) is 0.105. The summed E-state index contributed by atoms with van der Waals surface area (Å²) in [5, 5.41) is 8.65. The highest BCUT2D eigenvalue weighted by atomic mass is 32.1. The van der Waals surface area contributed by atoms with Gasteiger partial charge in [-0.15, -0.1) is 0 Å². The number of aromatic nitrogens is 3. The summed E-state index contributed by atoms with van der Waals surface area (Å²) >= 11 is 1.65. The van der Waals surface area contributed by atoms with E-state index < -0.39 is 0 Å². The molecule has 1 atom stereocenters. The average Bonchev–Trinajstić information content (AvgIpc) is 3.17. The molecule has 0 radical (unpaired) electrons. The van der Waals surface area contributed by atoms with Gasteiger partial charge in [0.1, 0.15) is 5.82 Å². The Morgan fingerprint density at radius 2 is 1.96 bits per heavy atom. The molecular formula is C19H16N4S. The fourth-order valence-electron chi connectivity index (χ4n) is 2.63. The molecule has 1 N–H and O–H groups in total. The molecule has 4 rings (SSSR count). The minimum Gasteiger partial charge on any atom is -0.363 e. The van der Waals surface area contributed by atoms with Gasteiger partial charge in [0.25, 0.3) is 0 Å². The Morgan fingerprint density at radius 3 is 2.75 bits per heavy atom. The first kappa shape index (κ1) is 14.8. The maximum Gasteiger partial charge on any atom is 0.162 e. The number of pyridine rings is 1. The van der Waals surface area contributed by atoms with Crippen LogP contribution in [0.15, 0.2) is 65.6 Å². The number of hydrogen-bond acceptors (Lipinski definition) is 5. The van der Waals surface area contributed by atoms with Gasteiger partial charge < -0.3 is 5.32 Å². The second kappa shape index (κ2) is 6.37. The van der Waals surface area contributed by atoms with E-state index in [9.17, 15) is 0 Å². The van der Waals surface area contributed by atoms with E-state index in [1.54, 1.807) is 17.5 Å². The summed E-state index contributed by atoms with van der Waals surface area (Å²) in [5.41, 5.74) is 3.11. The van der Waals surface area contributed by atoms with Crippen LogP contribution < -0.4 is 5.32 Å². The molecule has 0 aliphatic heterocycles. The molecule has 0 unspecified atom stereocenters. The quantitative estimate of drug-likeness (QED) is 0.576. The molecule has 0 bridgehead atoms. The highest BCUT2D eigenvalue weighted by Gasteiger charge is 2.12. The molecule has 4 nitrogen and oxygen atoms in total. The number of nitrogens with one attached hydrogen (secondary N) is 1. The molecule has 5 heteroatoms. The Balaban J connectivity index is 1.78. The summed E-state index contributed by atoms with van der Waals surface area (Å²) in [7, 11) is 0. The monoisotopic (exact) mass is 332 g/mol. The van der Waals surface area contributed by atoms with E-state index in [1.807, 2.05) is 48.0 Å². The summed E-state index contributed by atoms with van der Waals surface area (Å²) in [4.78, 5) is 13.7. The zero-order valence-electron chi connectivity index (χ0n) is 13.2. The fourth-order valence-corrected chi connectivity index (χ4v) is 3.26. The van der Waals surface area contributed by atoms with Crippen molar-refractivity contribution in [3.05, 3.63) is 71.2 Å². The zero-order valence-corrected chi connectivity index (χ0v) is 14.0. The Morgan fingerprint density at radius 1 is 1.04 bits per heavy atom. The van der Waals surface area contributed by atoms with Gasteiger partial charge in [-0.05, 0) is 42.1 Å². The number of para-hydroxylation sites is 1. The lowest BCUT2D eigenvalue weighted by molar-refractivity contribution is 0.868. The van der Waals surface area contributed by atoms with Gasteiger partial charge >= 0.3 is 0 Å². The van der Waals surface area contributed by atoms with E-state index in [1.165, 1.54) is 0 Å². The second-order valence-corrected chi connectivity index (χ2v) is 6.36. The molecule has 0 saturated heterocycles. The Labute approximate surface area is 144 Å². The smallest absolute Gasteiger partial charge is 0.162 e. The van der Waals surface area contributed by atoms with Gasteiger partial charge in [-0.2, -0.15) is 11.3 Å². The molecule has 24 heavy (non-hydrogen) atoms. The first-order chi connectivity index (χ1) is 11.8. The largest absolute Gasteiger partial charge is 0.363 e. The predicted octanol–water partition coefficient (Wildman–Crippen LogP) is 4.93. The van der Waals surface area contributed by atoms with E-state index in [0.29, 0.717) is 0 Å². The third-order valence-electron chi connectivity index (χ3n) is 3.92. The Bertz CT molecular complexity index is 952. The SMILES string of the molecule is C[C@H](Nc1nc(-c2ccsc2)nc2ccccc12)c1cccnc1. The number of benzene rings is 1. The number of anilines is 1.